The number of rotatable bonds is 3. The van der Waals surface area contributed by atoms with Gasteiger partial charge in [0, 0.05) is 17.3 Å². The number of nitrogens with zero attached hydrogens (tertiary/aromatic N) is 4. The Kier molecular flexibility index (Phi) is 4.23. The van der Waals surface area contributed by atoms with Gasteiger partial charge >= 0.3 is 6.18 Å². The van der Waals surface area contributed by atoms with E-state index in [2.05, 4.69) is 15.1 Å². The number of benzene rings is 1. The minimum absolute atomic E-state index is 0.0112. The van der Waals surface area contributed by atoms with Gasteiger partial charge in [-0.15, -0.1) is 0 Å². The van der Waals surface area contributed by atoms with Crippen LogP contribution in [0.4, 0.5) is 24.9 Å². The molecule has 0 saturated heterocycles. The quantitative estimate of drug-likeness (QED) is 0.864. The number of aromatic nitrogens is 2. The van der Waals surface area contributed by atoms with Crippen molar-refractivity contribution in [2.75, 3.05) is 17.9 Å². The average molecular weight is 367 g/mol. The van der Waals surface area contributed by atoms with Crippen molar-refractivity contribution >= 4 is 17.5 Å². The van der Waals surface area contributed by atoms with Gasteiger partial charge in [0.2, 0.25) is 5.95 Å². The van der Waals surface area contributed by atoms with Crippen molar-refractivity contribution < 1.29 is 23.0 Å². The zero-order valence-corrected chi connectivity index (χ0v) is 13.9. The Morgan fingerprint density at radius 3 is 2.58 bits per heavy atom. The first-order valence-electron chi connectivity index (χ1n) is 7.57. The highest BCUT2D eigenvalue weighted by atomic mass is 19.4. The summed E-state index contributed by atoms with van der Waals surface area (Å²) < 4.78 is 46.2. The number of halogens is 3. The Morgan fingerprint density at radius 2 is 1.96 bits per heavy atom. The molecule has 0 radical (unpaired) electrons. The van der Waals surface area contributed by atoms with E-state index < -0.39 is 18.3 Å². The largest absolute Gasteiger partial charge is 0.496 e. The minimum Gasteiger partial charge on any atom is -0.496 e. The number of anilines is 2. The fraction of sp³-hybridized carbons (Fsp3) is 0.312. The van der Waals surface area contributed by atoms with Gasteiger partial charge in [-0.05, 0) is 19.1 Å². The van der Waals surface area contributed by atoms with E-state index >= 15 is 0 Å². The molecule has 2 heterocycles. The molecule has 1 aromatic carbocycles. The van der Waals surface area contributed by atoms with Crippen molar-refractivity contribution in [1.82, 2.24) is 9.97 Å². The predicted molar refractivity (Wildman–Crippen MR) is 88.8 cm³/mol. The molecule has 0 spiro atoms. The molecule has 1 aromatic heterocycles. The molecule has 2 aromatic rings. The lowest BCUT2D eigenvalue weighted by Crippen LogP contribution is -2.55. The van der Waals surface area contributed by atoms with Crippen LogP contribution in [-0.4, -0.2) is 39.8 Å². The maximum Gasteiger partial charge on any atom is 0.438 e. The molecule has 3 N–H and O–H groups in total. The van der Waals surface area contributed by atoms with Crippen LogP contribution in [0.5, 0.6) is 5.75 Å². The first-order valence-corrected chi connectivity index (χ1v) is 7.57. The van der Waals surface area contributed by atoms with Crippen molar-refractivity contribution in [1.29, 1.82) is 0 Å². The van der Waals surface area contributed by atoms with Crippen molar-refractivity contribution in [3.05, 3.63) is 41.6 Å². The highest BCUT2D eigenvalue weighted by molar-refractivity contribution is 6.05. The maximum atomic E-state index is 13.7. The number of hydrogen-bond donors (Lipinski definition) is 2. The van der Waals surface area contributed by atoms with Gasteiger partial charge in [-0.1, -0.05) is 12.1 Å². The molecule has 1 aliphatic heterocycles. The molecule has 0 bridgehead atoms. The summed E-state index contributed by atoms with van der Waals surface area (Å²) in [5, 5.41) is 14.9. The van der Waals surface area contributed by atoms with Gasteiger partial charge in [-0.2, -0.15) is 23.3 Å². The third kappa shape index (κ3) is 2.92. The summed E-state index contributed by atoms with van der Waals surface area (Å²) in [6.07, 6.45) is -5.78. The maximum absolute atomic E-state index is 13.7. The standard InChI is InChI=1S/C16H16F3N5O2/c1-9-7-13(22-14(20)21-9)24-15(25,16(17,18)19)8-11(23-24)10-5-3-4-6-12(10)26-2/h3-7,25H,8H2,1-2H3,(H2,20,21,22)/t15-/m1/s1. The van der Waals surface area contributed by atoms with Crippen LogP contribution in [0.2, 0.25) is 0 Å². The fourth-order valence-corrected chi connectivity index (χ4v) is 2.72. The monoisotopic (exact) mass is 367 g/mol. The van der Waals surface area contributed by atoms with Gasteiger partial charge in [0.25, 0.3) is 5.72 Å². The smallest absolute Gasteiger partial charge is 0.438 e. The highest BCUT2D eigenvalue weighted by Crippen LogP contribution is 2.44. The topological polar surface area (TPSA) is 96.9 Å². The van der Waals surface area contributed by atoms with E-state index in [0.29, 0.717) is 22.0 Å². The highest BCUT2D eigenvalue weighted by Gasteiger charge is 2.62. The number of nitrogens with two attached hydrogens (primary N) is 1. The number of hydrogen-bond acceptors (Lipinski definition) is 7. The summed E-state index contributed by atoms with van der Waals surface area (Å²) in [6.45, 7) is 1.55. The number of aliphatic hydroxyl groups is 1. The molecule has 1 aliphatic rings. The minimum atomic E-state index is -4.99. The Bertz CT molecular complexity index is 851. The van der Waals surface area contributed by atoms with Gasteiger partial charge in [0.05, 0.1) is 19.2 Å². The lowest BCUT2D eigenvalue weighted by molar-refractivity contribution is -0.254. The van der Waals surface area contributed by atoms with E-state index in [1.807, 2.05) is 0 Å². The van der Waals surface area contributed by atoms with Gasteiger partial charge in [0.15, 0.2) is 5.82 Å². The van der Waals surface area contributed by atoms with Crippen LogP contribution in [0.1, 0.15) is 17.7 Å². The lowest BCUT2D eigenvalue weighted by Gasteiger charge is -2.33. The van der Waals surface area contributed by atoms with Gasteiger partial charge in [-0.25, -0.2) is 9.99 Å². The first kappa shape index (κ1) is 17.9. The Balaban J connectivity index is 2.15. The normalized spacial score (nSPS) is 20.2. The molecule has 7 nitrogen and oxygen atoms in total. The second kappa shape index (κ2) is 6.13. The van der Waals surface area contributed by atoms with E-state index in [4.69, 9.17) is 10.5 Å². The van der Waals surface area contributed by atoms with Crippen LogP contribution in [0.15, 0.2) is 35.4 Å². The molecule has 26 heavy (non-hydrogen) atoms. The Hall–Kier alpha value is -2.88. The summed E-state index contributed by atoms with van der Waals surface area (Å²) in [5.41, 5.74) is 2.97. The number of aryl methyl sites for hydroxylation is 1. The van der Waals surface area contributed by atoms with Crippen molar-refractivity contribution in [2.24, 2.45) is 5.10 Å². The van der Waals surface area contributed by atoms with Crippen LogP contribution in [0.3, 0.4) is 0 Å². The second-order valence-corrected chi connectivity index (χ2v) is 5.78. The van der Waals surface area contributed by atoms with Crippen LogP contribution in [0, 0.1) is 6.92 Å². The number of para-hydroxylation sites is 1. The van der Waals surface area contributed by atoms with Crippen LogP contribution >= 0.6 is 0 Å². The molecule has 0 amide bonds. The molecule has 138 valence electrons. The van der Waals surface area contributed by atoms with E-state index in [0.717, 1.165) is 0 Å². The Morgan fingerprint density at radius 1 is 1.27 bits per heavy atom. The van der Waals surface area contributed by atoms with Crippen LogP contribution in [0.25, 0.3) is 0 Å². The molecule has 0 unspecified atom stereocenters. The van der Waals surface area contributed by atoms with Crippen LogP contribution < -0.4 is 15.5 Å². The third-order valence-electron chi connectivity index (χ3n) is 3.93. The van der Waals surface area contributed by atoms with E-state index in [1.54, 1.807) is 31.2 Å². The number of methoxy groups -OCH3 is 1. The average Bonchev–Trinajstić information content (AvgIpc) is 2.93. The molecule has 10 heteroatoms. The Labute approximate surface area is 146 Å². The molecule has 1 atom stereocenters. The summed E-state index contributed by atoms with van der Waals surface area (Å²) >= 11 is 0. The number of nitrogen functional groups attached to an aromatic ring is 1. The number of hydrazone groups is 1. The molecule has 0 saturated carbocycles. The van der Waals surface area contributed by atoms with Gasteiger partial charge in [-0.3, -0.25) is 0 Å². The summed E-state index contributed by atoms with van der Waals surface area (Å²) in [6, 6.07) is 7.75. The zero-order chi connectivity index (χ0) is 19.1. The summed E-state index contributed by atoms with van der Waals surface area (Å²) in [5.74, 6) is -0.124. The number of ether oxygens (including phenoxy) is 1. The lowest BCUT2D eigenvalue weighted by atomic mass is 10.00. The SMILES string of the molecule is COc1ccccc1C1=NN(c2cc(C)nc(N)n2)[C@](O)(C(F)(F)F)C1. The molecule has 0 aliphatic carbocycles. The van der Waals surface area contributed by atoms with Crippen LogP contribution in [-0.2, 0) is 0 Å². The number of alkyl halides is 3. The summed E-state index contributed by atoms with van der Waals surface area (Å²) in [4.78, 5) is 7.62. The molecule has 3 rings (SSSR count). The predicted octanol–water partition coefficient (Wildman–Crippen LogP) is 2.24. The third-order valence-corrected chi connectivity index (χ3v) is 3.93. The van der Waals surface area contributed by atoms with E-state index in [-0.39, 0.29) is 17.5 Å². The summed E-state index contributed by atoms with van der Waals surface area (Å²) in [7, 11) is 1.40. The van der Waals surface area contributed by atoms with Gasteiger partial charge < -0.3 is 15.6 Å². The second-order valence-electron chi connectivity index (χ2n) is 5.78. The zero-order valence-electron chi connectivity index (χ0n) is 13.9. The van der Waals surface area contributed by atoms with Crippen molar-refractivity contribution in [2.45, 2.75) is 25.2 Å². The van der Waals surface area contributed by atoms with E-state index in [9.17, 15) is 18.3 Å². The fourth-order valence-electron chi connectivity index (χ4n) is 2.72. The molecule has 0 fully saturated rings. The van der Waals surface area contributed by atoms with Crippen molar-refractivity contribution in [3.63, 3.8) is 0 Å². The molecular weight excluding hydrogens is 351 g/mol. The van der Waals surface area contributed by atoms with Gasteiger partial charge in [0.1, 0.15) is 5.75 Å². The van der Waals surface area contributed by atoms with Crippen molar-refractivity contribution in [3.8, 4) is 5.75 Å². The molecular formula is C16H16F3N5O2. The first-order chi connectivity index (χ1) is 12.2. The van der Waals surface area contributed by atoms with E-state index in [1.165, 1.54) is 13.2 Å².